The normalized spacial score (nSPS) is 10.5. The highest BCUT2D eigenvalue weighted by atomic mass is 35.5. The number of anilines is 1. The first-order valence-corrected chi connectivity index (χ1v) is 6.45. The summed E-state index contributed by atoms with van der Waals surface area (Å²) in [5.74, 6) is 1.59. The molecular weight excluding hydrogens is 220 g/mol. The highest BCUT2D eigenvalue weighted by molar-refractivity contribution is 6.17. The first-order chi connectivity index (χ1) is 7.67. The van der Waals surface area contributed by atoms with Crippen molar-refractivity contribution in [3.8, 4) is 0 Å². The molecule has 0 unspecified atom stereocenters. The van der Waals surface area contributed by atoms with Crippen LogP contribution >= 0.6 is 11.6 Å². The van der Waals surface area contributed by atoms with Crippen LogP contribution < -0.4 is 4.90 Å². The van der Waals surface area contributed by atoms with Gasteiger partial charge < -0.3 is 4.90 Å². The second-order valence-electron chi connectivity index (χ2n) is 4.24. The molecule has 1 heterocycles. The third-order valence-corrected chi connectivity index (χ3v) is 2.95. The van der Waals surface area contributed by atoms with Crippen molar-refractivity contribution in [2.45, 2.75) is 39.0 Å². The number of alkyl halides is 1. The van der Waals surface area contributed by atoms with Crippen LogP contribution in [-0.2, 0) is 5.88 Å². The van der Waals surface area contributed by atoms with E-state index in [1.807, 2.05) is 13.0 Å². The van der Waals surface area contributed by atoms with Gasteiger partial charge in [0.15, 0.2) is 0 Å². The summed E-state index contributed by atoms with van der Waals surface area (Å²) < 4.78 is 0. The van der Waals surface area contributed by atoms with Gasteiger partial charge in [-0.15, -0.1) is 11.6 Å². The molecule has 0 saturated heterocycles. The van der Waals surface area contributed by atoms with Crippen LogP contribution in [0.5, 0.6) is 0 Å². The van der Waals surface area contributed by atoms with Crippen LogP contribution in [-0.4, -0.2) is 18.6 Å². The zero-order valence-electron chi connectivity index (χ0n) is 10.5. The summed E-state index contributed by atoms with van der Waals surface area (Å²) >= 11 is 5.86. The second kappa shape index (κ2) is 6.74. The molecule has 1 aromatic rings. The lowest BCUT2D eigenvalue weighted by Crippen LogP contribution is -2.20. The van der Waals surface area contributed by atoms with Crippen molar-refractivity contribution in [2.24, 2.45) is 0 Å². The molecule has 16 heavy (non-hydrogen) atoms. The molecule has 0 atom stereocenters. The van der Waals surface area contributed by atoms with Crippen LogP contribution in [0.2, 0.25) is 0 Å². The van der Waals surface area contributed by atoms with E-state index in [0.29, 0.717) is 5.88 Å². The van der Waals surface area contributed by atoms with Gasteiger partial charge >= 0.3 is 0 Å². The fourth-order valence-electron chi connectivity index (χ4n) is 1.71. The minimum absolute atomic E-state index is 0.555. The van der Waals surface area contributed by atoms with Crippen LogP contribution in [0.25, 0.3) is 0 Å². The molecule has 90 valence electrons. The van der Waals surface area contributed by atoms with E-state index in [4.69, 9.17) is 11.6 Å². The molecule has 0 saturated carbocycles. The minimum Gasteiger partial charge on any atom is -0.360 e. The number of aryl methyl sites for hydroxylation is 1. The van der Waals surface area contributed by atoms with Gasteiger partial charge in [-0.1, -0.05) is 19.8 Å². The van der Waals surface area contributed by atoms with Gasteiger partial charge in [-0.2, -0.15) is 0 Å². The molecule has 2 nitrogen and oxygen atoms in total. The monoisotopic (exact) mass is 240 g/mol. The Morgan fingerprint density at radius 1 is 1.31 bits per heavy atom. The third-order valence-electron chi connectivity index (χ3n) is 2.64. The molecule has 0 spiro atoms. The average molecular weight is 241 g/mol. The maximum absolute atomic E-state index is 5.86. The Balaban J connectivity index is 2.66. The Morgan fingerprint density at radius 2 is 2.06 bits per heavy atom. The summed E-state index contributed by atoms with van der Waals surface area (Å²) in [4.78, 5) is 6.73. The molecule has 0 aliphatic rings. The van der Waals surface area contributed by atoms with Gasteiger partial charge in [0.05, 0.1) is 0 Å². The van der Waals surface area contributed by atoms with Crippen molar-refractivity contribution in [3.63, 3.8) is 0 Å². The summed E-state index contributed by atoms with van der Waals surface area (Å²) in [5, 5.41) is 0. The lowest BCUT2D eigenvalue weighted by Gasteiger charge is -2.19. The molecule has 0 radical (unpaired) electrons. The Bertz CT molecular complexity index is 326. The van der Waals surface area contributed by atoms with E-state index in [2.05, 4.69) is 29.9 Å². The van der Waals surface area contributed by atoms with Gasteiger partial charge in [0.2, 0.25) is 0 Å². The number of hydrogen-bond acceptors (Lipinski definition) is 2. The SMILES string of the molecule is CCCCCN(C)c1cc(CCl)cc(C)n1. The molecule has 0 aliphatic heterocycles. The van der Waals surface area contributed by atoms with Crippen LogP contribution in [0.4, 0.5) is 5.82 Å². The smallest absolute Gasteiger partial charge is 0.128 e. The van der Waals surface area contributed by atoms with Crippen molar-refractivity contribution in [2.75, 3.05) is 18.5 Å². The summed E-state index contributed by atoms with van der Waals surface area (Å²) in [5.41, 5.74) is 2.18. The van der Waals surface area contributed by atoms with Crippen molar-refractivity contribution >= 4 is 17.4 Å². The Morgan fingerprint density at radius 3 is 2.69 bits per heavy atom. The molecule has 0 bridgehead atoms. The molecule has 1 aromatic heterocycles. The van der Waals surface area contributed by atoms with Gasteiger partial charge in [0.25, 0.3) is 0 Å². The predicted octanol–water partition coefficient (Wildman–Crippen LogP) is 3.76. The number of pyridine rings is 1. The van der Waals surface area contributed by atoms with E-state index < -0.39 is 0 Å². The van der Waals surface area contributed by atoms with Crippen molar-refractivity contribution < 1.29 is 0 Å². The maximum Gasteiger partial charge on any atom is 0.128 e. The maximum atomic E-state index is 5.86. The number of nitrogens with zero attached hydrogens (tertiary/aromatic N) is 2. The quantitative estimate of drug-likeness (QED) is 0.556. The molecule has 0 aromatic carbocycles. The van der Waals surface area contributed by atoms with Crippen molar-refractivity contribution in [1.29, 1.82) is 0 Å². The van der Waals surface area contributed by atoms with Crippen LogP contribution in [0.1, 0.15) is 37.4 Å². The van der Waals surface area contributed by atoms with Gasteiger partial charge in [-0.25, -0.2) is 4.98 Å². The molecule has 0 N–H and O–H groups in total. The van der Waals surface area contributed by atoms with E-state index in [9.17, 15) is 0 Å². The lowest BCUT2D eigenvalue weighted by molar-refractivity contribution is 0.700. The summed E-state index contributed by atoms with van der Waals surface area (Å²) in [7, 11) is 2.09. The van der Waals surface area contributed by atoms with Crippen LogP contribution in [0.3, 0.4) is 0 Å². The molecule has 0 aliphatic carbocycles. The summed E-state index contributed by atoms with van der Waals surface area (Å²) in [6, 6.07) is 4.11. The number of rotatable bonds is 6. The Kier molecular flexibility index (Phi) is 5.61. The summed E-state index contributed by atoms with van der Waals surface area (Å²) in [6.07, 6.45) is 3.75. The fraction of sp³-hybridized carbons (Fsp3) is 0.615. The Labute approximate surface area is 104 Å². The average Bonchev–Trinajstić information content (AvgIpc) is 2.28. The third kappa shape index (κ3) is 4.01. The first kappa shape index (κ1) is 13.3. The zero-order chi connectivity index (χ0) is 12.0. The van der Waals surface area contributed by atoms with Gasteiger partial charge in [0.1, 0.15) is 5.82 Å². The first-order valence-electron chi connectivity index (χ1n) is 5.92. The predicted molar refractivity (Wildman–Crippen MR) is 71.3 cm³/mol. The standard InChI is InChI=1S/C13H21ClN2/c1-4-5-6-7-16(3)13-9-12(10-14)8-11(2)15-13/h8-9H,4-7,10H2,1-3H3. The lowest BCUT2D eigenvalue weighted by atomic mass is 10.2. The van der Waals surface area contributed by atoms with Crippen molar-refractivity contribution in [3.05, 3.63) is 23.4 Å². The molecule has 0 fully saturated rings. The highest BCUT2D eigenvalue weighted by Crippen LogP contribution is 2.15. The molecule has 0 amide bonds. The van der Waals surface area contributed by atoms with Crippen LogP contribution in [0, 0.1) is 6.92 Å². The minimum atomic E-state index is 0.555. The number of unbranched alkanes of at least 4 members (excludes halogenated alkanes) is 2. The van der Waals surface area contributed by atoms with Crippen molar-refractivity contribution in [1.82, 2.24) is 4.98 Å². The van der Waals surface area contributed by atoms with Gasteiger partial charge in [-0.3, -0.25) is 0 Å². The molecule has 3 heteroatoms. The van der Waals surface area contributed by atoms with E-state index in [1.54, 1.807) is 0 Å². The summed E-state index contributed by atoms with van der Waals surface area (Å²) in [6.45, 7) is 5.29. The zero-order valence-corrected chi connectivity index (χ0v) is 11.2. The second-order valence-corrected chi connectivity index (χ2v) is 4.50. The topological polar surface area (TPSA) is 16.1 Å². The van der Waals surface area contributed by atoms with E-state index in [0.717, 1.165) is 23.6 Å². The molecular formula is C13H21ClN2. The number of halogens is 1. The van der Waals surface area contributed by atoms with Gasteiger partial charge in [0, 0.05) is 25.2 Å². The number of aromatic nitrogens is 1. The van der Waals surface area contributed by atoms with Crippen LogP contribution in [0.15, 0.2) is 12.1 Å². The van der Waals surface area contributed by atoms with Gasteiger partial charge in [-0.05, 0) is 31.0 Å². The number of hydrogen-bond donors (Lipinski definition) is 0. The largest absolute Gasteiger partial charge is 0.360 e. The fourth-order valence-corrected chi connectivity index (χ4v) is 1.86. The van der Waals surface area contributed by atoms with E-state index in [1.165, 1.54) is 19.3 Å². The van der Waals surface area contributed by atoms with E-state index >= 15 is 0 Å². The Hall–Kier alpha value is -0.760. The highest BCUT2D eigenvalue weighted by Gasteiger charge is 2.04. The van der Waals surface area contributed by atoms with E-state index in [-0.39, 0.29) is 0 Å². The molecule has 1 rings (SSSR count).